The molecule has 0 spiro atoms. The van der Waals surface area contributed by atoms with E-state index in [0.717, 1.165) is 48.3 Å². The molecule has 0 heterocycles. The predicted molar refractivity (Wildman–Crippen MR) is 118 cm³/mol. The maximum atomic E-state index is 12.0. The van der Waals surface area contributed by atoms with E-state index >= 15 is 0 Å². The molecule has 0 amide bonds. The van der Waals surface area contributed by atoms with Crippen LogP contribution in [0.15, 0.2) is 11.6 Å². The van der Waals surface area contributed by atoms with Gasteiger partial charge in [0.15, 0.2) is 5.78 Å². The van der Waals surface area contributed by atoms with Crippen molar-refractivity contribution in [1.29, 1.82) is 0 Å². The summed E-state index contributed by atoms with van der Waals surface area (Å²) in [5.74, 6) is 5.79. The molecular formula is C27H44O. The third-order valence-corrected chi connectivity index (χ3v) is 10.2. The topological polar surface area (TPSA) is 17.1 Å². The average Bonchev–Trinajstić information content (AvgIpc) is 2.99. The summed E-state index contributed by atoms with van der Waals surface area (Å²) in [7, 11) is 0. The Morgan fingerprint density at radius 3 is 2.50 bits per heavy atom. The van der Waals surface area contributed by atoms with Gasteiger partial charge in [-0.25, -0.2) is 0 Å². The van der Waals surface area contributed by atoms with Crippen molar-refractivity contribution >= 4 is 5.78 Å². The molecule has 0 N–H and O–H groups in total. The number of rotatable bonds is 5. The molecule has 1 nitrogen and oxygen atoms in total. The van der Waals surface area contributed by atoms with Crippen LogP contribution in [0.4, 0.5) is 0 Å². The molecule has 0 aromatic carbocycles. The van der Waals surface area contributed by atoms with E-state index in [1.807, 2.05) is 0 Å². The Morgan fingerprint density at radius 2 is 1.75 bits per heavy atom. The molecule has 4 aliphatic carbocycles. The number of fused-ring (bicyclic) bond motifs is 5. The number of carbonyl (C=O) groups is 1. The van der Waals surface area contributed by atoms with Gasteiger partial charge in [-0.15, -0.1) is 0 Å². The summed E-state index contributed by atoms with van der Waals surface area (Å²) in [6.07, 6.45) is 16.6. The lowest BCUT2D eigenvalue weighted by molar-refractivity contribution is -0.117. The second-order valence-electron chi connectivity index (χ2n) is 12.0. The predicted octanol–water partition coefficient (Wildman–Crippen LogP) is 7.60. The summed E-state index contributed by atoms with van der Waals surface area (Å²) in [5.41, 5.74) is 2.43. The molecule has 3 unspecified atom stereocenters. The first-order chi connectivity index (χ1) is 13.3. The number of ketones is 1. The first-order valence-corrected chi connectivity index (χ1v) is 12.5. The molecule has 0 aliphatic heterocycles. The highest BCUT2D eigenvalue weighted by Gasteiger charge is 2.59. The van der Waals surface area contributed by atoms with Crippen molar-refractivity contribution in [2.24, 2.45) is 46.3 Å². The first-order valence-electron chi connectivity index (χ1n) is 12.5. The smallest absolute Gasteiger partial charge is 0.155 e. The Balaban J connectivity index is 1.49. The van der Waals surface area contributed by atoms with E-state index in [9.17, 15) is 4.79 Å². The molecule has 3 fully saturated rings. The van der Waals surface area contributed by atoms with Crippen LogP contribution in [0.25, 0.3) is 0 Å². The van der Waals surface area contributed by atoms with Crippen LogP contribution in [0.5, 0.6) is 0 Å². The lowest BCUT2D eigenvalue weighted by Gasteiger charge is -2.58. The van der Waals surface area contributed by atoms with E-state index < -0.39 is 0 Å². The molecule has 0 aromatic rings. The third-order valence-electron chi connectivity index (χ3n) is 10.2. The van der Waals surface area contributed by atoms with E-state index in [0.29, 0.717) is 16.6 Å². The van der Waals surface area contributed by atoms with Gasteiger partial charge < -0.3 is 0 Å². The van der Waals surface area contributed by atoms with Gasteiger partial charge in [0.1, 0.15) is 0 Å². The van der Waals surface area contributed by atoms with Crippen molar-refractivity contribution in [1.82, 2.24) is 0 Å². The van der Waals surface area contributed by atoms with Gasteiger partial charge >= 0.3 is 0 Å². The van der Waals surface area contributed by atoms with Gasteiger partial charge in [-0.05, 0) is 97.4 Å². The first kappa shape index (κ1) is 20.7. The standard InChI is InChI=1S/C27H44O/c1-18(2)7-6-8-19(3)23-11-12-24-22-10-9-20-17-21(28)13-15-26(20,4)25(22)14-16-27(23,24)5/h17-19,22-25H,6-16H2,1-5H3/t19-,22?,23-,24+,25+,26?,27?/m1/s1. The lowest BCUT2D eigenvalue weighted by Crippen LogP contribution is -2.50. The van der Waals surface area contributed by atoms with Crippen LogP contribution < -0.4 is 0 Å². The molecule has 0 radical (unpaired) electrons. The maximum Gasteiger partial charge on any atom is 0.155 e. The zero-order chi connectivity index (χ0) is 20.1. The van der Waals surface area contributed by atoms with E-state index in [1.54, 1.807) is 0 Å². The Hall–Kier alpha value is -0.590. The lowest BCUT2D eigenvalue weighted by atomic mass is 9.46. The van der Waals surface area contributed by atoms with Crippen molar-refractivity contribution < 1.29 is 4.79 Å². The molecule has 0 saturated heterocycles. The quantitative estimate of drug-likeness (QED) is 0.477. The van der Waals surface area contributed by atoms with Gasteiger partial charge in [0.25, 0.3) is 0 Å². The third kappa shape index (κ3) is 3.33. The van der Waals surface area contributed by atoms with Crippen molar-refractivity contribution in [3.8, 4) is 0 Å². The summed E-state index contributed by atoms with van der Waals surface area (Å²) in [5, 5.41) is 0. The summed E-state index contributed by atoms with van der Waals surface area (Å²) >= 11 is 0. The average molecular weight is 385 g/mol. The van der Waals surface area contributed by atoms with Gasteiger partial charge in [0.05, 0.1) is 0 Å². The second kappa shape index (κ2) is 7.59. The van der Waals surface area contributed by atoms with Gasteiger partial charge in [-0.2, -0.15) is 0 Å². The van der Waals surface area contributed by atoms with Crippen LogP contribution in [-0.2, 0) is 4.79 Å². The Bertz CT molecular complexity index is 630. The fourth-order valence-corrected chi connectivity index (χ4v) is 8.58. The number of hydrogen-bond donors (Lipinski definition) is 0. The highest BCUT2D eigenvalue weighted by atomic mass is 16.1. The Kier molecular flexibility index (Phi) is 5.60. The minimum atomic E-state index is 0.332. The van der Waals surface area contributed by atoms with Crippen LogP contribution in [0.3, 0.4) is 0 Å². The van der Waals surface area contributed by atoms with E-state index in [2.05, 4.69) is 40.7 Å². The van der Waals surface area contributed by atoms with E-state index in [-0.39, 0.29) is 0 Å². The monoisotopic (exact) mass is 384 g/mol. The fourth-order valence-electron chi connectivity index (χ4n) is 8.58. The van der Waals surface area contributed by atoms with Crippen molar-refractivity contribution in [2.75, 3.05) is 0 Å². The van der Waals surface area contributed by atoms with Crippen LogP contribution in [-0.4, -0.2) is 5.78 Å². The molecular weight excluding hydrogens is 340 g/mol. The minimum absolute atomic E-state index is 0.332. The highest BCUT2D eigenvalue weighted by Crippen LogP contribution is 2.67. The minimum Gasteiger partial charge on any atom is -0.295 e. The molecule has 7 atom stereocenters. The maximum absolute atomic E-state index is 12.0. The molecule has 28 heavy (non-hydrogen) atoms. The van der Waals surface area contributed by atoms with Gasteiger partial charge in [0.2, 0.25) is 0 Å². The van der Waals surface area contributed by atoms with Crippen molar-refractivity contribution in [3.05, 3.63) is 11.6 Å². The second-order valence-corrected chi connectivity index (χ2v) is 12.0. The van der Waals surface area contributed by atoms with Crippen molar-refractivity contribution in [2.45, 2.75) is 105 Å². The van der Waals surface area contributed by atoms with E-state index in [1.165, 1.54) is 63.4 Å². The number of hydrogen-bond acceptors (Lipinski definition) is 1. The Morgan fingerprint density at radius 1 is 0.964 bits per heavy atom. The van der Waals surface area contributed by atoms with Crippen LogP contribution in [0, 0.1) is 46.3 Å². The fraction of sp³-hybridized carbons (Fsp3) is 0.889. The molecule has 4 aliphatic rings. The van der Waals surface area contributed by atoms with Gasteiger partial charge in [0, 0.05) is 6.42 Å². The molecule has 0 aromatic heterocycles. The summed E-state index contributed by atoms with van der Waals surface area (Å²) in [6.45, 7) is 12.5. The van der Waals surface area contributed by atoms with Crippen LogP contribution in [0.1, 0.15) is 105 Å². The van der Waals surface area contributed by atoms with E-state index in [4.69, 9.17) is 0 Å². The summed E-state index contributed by atoms with van der Waals surface area (Å²) in [6, 6.07) is 0. The number of carbonyl (C=O) groups excluding carboxylic acids is 1. The SMILES string of the molecule is CC(C)CCC[C@@H](C)[C@H]1CC[C@H]2C3CCC4=CC(=O)CCC4(C)[C@H]3CCC12C. The molecule has 158 valence electrons. The normalized spacial score (nSPS) is 43.9. The number of allylic oxidation sites excluding steroid dienone is 1. The zero-order valence-electron chi connectivity index (χ0n) is 19.2. The largest absolute Gasteiger partial charge is 0.295 e. The summed E-state index contributed by atoms with van der Waals surface area (Å²) in [4.78, 5) is 12.0. The van der Waals surface area contributed by atoms with Crippen LogP contribution >= 0.6 is 0 Å². The van der Waals surface area contributed by atoms with Gasteiger partial charge in [-0.1, -0.05) is 59.5 Å². The zero-order valence-corrected chi connectivity index (χ0v) is 19.2. The highest BCUT2D eigenvalue weighted by molar-refractivity contribution is 5.91. The molecule has 4 rings (SSSR count). The van der Waals surface area contributed by atoms with Crippen molar-refractivity contribution in [3.63, 3.8) is 0 Å². The Labute approximate surface area is 174 Å². The molecule has 0 bridgehead atoms. The molecule has 1 heteroatoms. The molecule has 3 saturated carbocycles. The van der Waals surface area contributed by atoms with Gasteiger partial charge in [-0.3, -0.25) is 4.79 Å². The summed E-state index contributed by atoms with van der Waals surface area (Å²) < 4.78 is 0. The van der Waals surface area contributed by atoms with Crippen LogP contribution in [0.2, 0.25) is 0 Å².